The third kappa shape index (κ3) is 2.58. The van der Waals surface area contributed by atoms with Gasteiger partial charge in [-0.15, -0.1) is 0 Å². The minimum absolute atomic E-state index is 0.344. The maximum atomic E-state index is 12.5. The van der Waals surface area contributed by atoms with Gasteiger partial charge in [-0.1, -0.05) is 6.92 Å². The quantitative estimate of drug-likeness (QED) is 0.823. The molecule has 0 bridgehead atoms. The maximum Gasteiger partial charge on any atom is 0.346 e. The van der Waals surface area contributed by atoms with Crippen molar-refractivity contribution in [3.8, 4) is 0 Å². The first kappa shape index (κ1) is 15.5. The molecule has 124 valence electrons. The van der Waals surface area contributed by atoms with Crippen LogP contribution in [0.2, 0.25) is 0 Å². The second-order valence-corrected chi connectivity index (χ2v) is 6.12. The van der Waals surface area contributed by atoms with E-state index in [0.717, 1.165) is 36.5 Å². The van der Waals surface area contributed by atoms with Crippen molar-refractivity contribution in [2.24, 2.45) is 0 Å². The first-order valence-electron chi connectivity index (χ1n) is 7.93. The van der Waals surface area contributed by atoms with Crippen LogP contribution in [0.5, 0.6) is 0 Å². The summed E-state index contributed by atoms with van der Waals surface area (Å²) in [5.41, 5.74) is 3.79. The lowest BCUT2D eigenvalue weighted by atomic mass is 10.1. The Hall–Kier alpha value is -2.38. The lowest BCUT2D eigenvalue weighted by molar-refractivity contribution is -0.129. The molecular formula is C15H21N5O3. The molecule has 0 aromatic carbocycles. The van der Waals surface area contributed by atoms with Gasteiger partial charge in [0, 0.05) is 19.5 Å². The summed E-state index contributed by atoms with van der Waals surface area (Å²) in [6, 6.07) is -1.10. The normalized spacial score (nSPS) is 21.3. The van der Waals surface area contributed by atoms with Crippen LogP contribution >= 0.6 is 0 Å². The van der Waals surface area contributed by atoms with E-state index in [-0.39, 0.29) is 0 Å². The highest BCUT2D eigenvalue weighted by atomic mass is 16.2. The highest BCUT2D eigenvalue weighted by Gasteiger charge is 2.42. The van der Waals surface area contributed by atoms with Crippen LogP contribution in [0.15, 0.2) is 6.20 Å². The fraction of sp³-hybridized carbons (Fsp3) is 0.600. The predicted octanol–water partition coefficient (Wildman–Crippen LogP) is 1.10. The maximum absolute atomic E-state index is 12.5. The van der Waals surface area contributed by atoms with Crippen LogP contribution in [0, 0.1) is 0 Å². The number of nitrogens with one attached hydrogen (secondary N) is 1. The summed E-state index contributed by atoms with van der Waals surface area (Å²) in [6.45, 7) is 4.43. The predicted molar refractivity (Wildman–Crippen MR) is 81.4 cm³/mol. The Morgan fingerprint density at radius 3 is 2.61 bits per heavy atom. The van der Waals surface area contributed by atoms with Crippen LogP contribution in [-0.2, 0) is 11.3 Å². The molecule has 1 aliphatic carbocycles. The molecule has 1 aromatic rings. The van der Waals surface area contributed by atoms with E-state index >= 15 is 0 Å². The first-order chi connectivity index (χ1) is 11.0. The van der Waals surface area contributed by atoms with Crippen molar-refractivity contribution in [1.29, 1.82) is 0 Å². The van der Waals surface area contributed by atoms with E-state index in [4.69, 9.17) is 0 Å². The average molecular weight is 319 g/mol. The summed E-state index contributed by atoms with van der Waals surface area (Å²) >= 11 is 0. The third-order valence-electron chi connectivity index (χ3n) is 4.39. The zero-order valence-corrected chi connectivity index (χ0v) is 13.6. The molecule has 0 radical (unpaired) electrons. The van der Waals surface area contributed by atoms with E-state index < -0.39 is 23.9 Å². The lowest BCUT2D eigenvalue weighted by Crippen LogP contribution is -2.46. The molecule has 2 heterocycles. The van der Waals surface area contributed by atoms with Crippen molar-refractivity contribution >= 4 is 17.8 Å². The van der Waals surface area contributed by atoms with Gasteiger partial charge in [-0.25, -0.2) is 4.79 Å². The summed E-state index contributed by atoms with van der Waals surface area (Å²) in [5, 5.41) is 5.08. The molecular weight excluding hydrogens is 298 g/mol. The van der Waals surface area contributed by atoms with Crippen LogP contribution in [0.3, 0.4) is 0 Å². The van der Waals surface area contributed by atoms with Gasteiger partial charge in [0.05, 0.1) is 17.5 Å². The number of imide groups is 1. The highest BCUT2D eigenvalue weighted by molar-refractivity contribution is 6.06. The highest BCUT2D eigenvalue weighted by Crippen LogP contribution is 2.41. The molecule has 1 aromatic heterocycles. The number of rotatable bonds is 5. The smallest absolute Gasteiger partial charge is 0.314 e. The topological polar surface area (TPSA) is 87.5 Å². The van der Waals surface area contributed by atoms with Crippen molar-refractivity contribution in [2.45, 2.75) is 51.6 Å². The fourth-order valence-electron chi connectivity index (χ4n) is 2.78. The Balaban J connectivity index is 1.82. The number of urea groups is 1. The largest absolute Gasteiger partial charge is 0.346 e. The summed E-state index contributed by atoms with van der Waals surface area (Å²) < 4.78 is 1.86. The molecule has 2 aliphatic rings. The second-order valence-electron chi connectivity index (χ2n) is 6.12. The Labute approximate surface area is 134 Å². The average Bonchev–Trinajstić information content (AvgIpc) is 3.26. The van der Waals surface area contributed by atoms with Gasteiger partial charge >= 0.3 is 6.03 Å². The van der Waals surface area contributed by atoms with Gasteiger partial charge in [0.2, 0.25) is 0 Å². The van der Waals surface area contributed by atoms with Gasteiger partial charge in [0.1, 0.15) is 6.04 Å². The minimum Gasteiger partial charge on any atom is -0.314 e. The number of amides is 4. The van der Waals surface area contributed by atoms with Crippen molar-refractivity contribution < 1.29 is 14.4 Å². The van der Waals surface area contributed by atoms with Gasteiger partial charge in [-0.2, -0.15) is 10.1 Å². The molecule has 0 spiro atoms. The fourth-order valence-corrected chi connectivity index (χ4v) is 2.78. The van der Waals surface area contributed by atoms with Gasteiger partial charge in [0.15, 0.2) is 0 Å². The molecule has 1 saturated heterocycles. The number of aryl methyl sites for hydroxylation is 1. The van der Waals surface area contributed by atoms with E-state index in [0.29, 0.717) is 11.5 Å². The van der Waals surface area contributed by atoms with E-state index in [9.17, 15) is 14.4 Å². The van der Waals surface area contributed by atoms with Crippen LogP contribution in [0.25, 0.3) is 0 Å². The van der Waals surface area contributed by atoms with Crippen molar-refractivity contribution in [3.63, 3.8) is 0 Å². The van der Waals surface area contributed by atoms with Crippen LogP contribution in [-0.4, -0.2) is 50.6 Å². The third-order valence-corrected chi connectivity index (χ3v) is 4.39. The number of hydrazine groups is 1. The Morgan fingerprint density at radius 2 is 2.09 bits per heavy atom. The van der Waals surface area contributed by atoms with Crippen LogP contribution in [0.1, 0.15) is 55.1 Å². The number of carbonyl (C=O) groups excluding carboxylic acids is 3. The monoisotopic (exact) mass is 319 g/mol. The molecule has 23 heavy (non-hydrogen) atoms. The number of likely N-dealkylation sites (N-methyl/N-ethyl adjacent to an activating group) is 1. The molecule has 1 N–H and O–H groups in total. The van der Waals surface area contributed by atoms with Gasteiger partial charge in [-0.3, -0.25) is 19.7 Å². The molecule has 3 rings (SSSR count). The van der Waals surface area contributed by atoms with E-state index in [1.165, 1.54) is 18.1 Å². The summed E-state index contributed by atoms with van der Waals surface area (Å²) in [6.07, 6.45) is 4.53. The number of aromatic nitrogens is 2. The zero-order valence-electron chi connectivity index (χ0n) is 13.6. The Bertz CT molecular complexity index is 644. The molecule has 1 aliphatic heterocycles. The molecule has 2 fully saturated rings. The molecule has 1 atom stereocenters. The SMILES string of the molecule is CCCn1ncc(C(=O)NN2C(=O)C(C)N(C)C2=O)c1C1CC1. The number of nitrogens with zero attached hydrogens (tertiary/aromatic N) is 4. The molecule has 1 unspecified atom stereocenters. The van der Waals surface area contributed by atoms with E-state index in [1.54, 1.807) is 6.92 Å². The first-order valence-corrected chi connectivity index (χ1v) is 7.93. The van der Waals surface area contributed by atoms with Gasteiger partial charge in [0.25, 0.3) is 11.8 Å². The minimum atomic E-state index is -0.575. The zero-order chi connectivity index (χ0) is 16.7. The van der Waals surface area contributed by atoms with Crippen LogP contribution < -0.4 is 5.43 Å². The molecule has 8 nitrogen and oxygen atoms in total. The number of hydrogen-bond acceptors (Lipinski definition) is 4. The van der Waals surface area contributed by atoms with Crippen molar-refractivity contribution in [2.75, 3.05) is 7.05 Å². The van der Waals surface area contributed by atoms with Crippen molar-refractivity contribution in [1.82, 2.24) is 25.1 Å². The standard InChI is InChI=1S/C15H21N5O3/c1-4-7-19-12(10-5-6-10)11(8-16-19)13(21)17-20-14(22)9(2)18(3)15(20)23/h8-10H,4-7H2,1-3H3,(H,17,21). The summed E-state index contributed by atoms with van der Waals surface area (Å²) in [4.78, 5) is 37.9. The van der Waals surface area contributed by atoms with Gasteiger partial charge < -0.3 is 4.90 Å². The number of carbonyl (C=O) groups is 3. The lowest BCUT2D eigenvalue weighted by Gasteiger charge is -2.15. The Kier molecular flexibility index (Phi) is 3.83. The molecule has 4 amide bonds. The van der Waals surface area contributed by atoms with Crippen molar-refractivity contribution in [3.05, 3.63) is 17.5 Å². The molecule has 1 saturated carbocycles. The number of hydrogen-bond donors (Lipinski definition) is 1. The van der Waals surface area contributed by atoms with E-state index in [1.807, 2.05) is 4.68 Å². The summed E-state index contributed by atoms with van der Waals surface area (Å²) in [7, 11) is 1.53. The van der Waals surface area contributed by atoms with E-state index in [2.05, 4.69) is 17.4 Å². The van der Waals surface area contributed by atoms with Gasteiger partial charge in [-0.05, 0) is 26.2 Å². The second kappa shape index (κ2) is 5.68. The van der Waals surface area contributed by atoms with Crippen LogP contribution in [0.4, 0.5) is 4.79 Å². The summed E-state index contributed by atoms with van der Waals surface area (Å²) in [5.74, 6) is -0.547. The molecule has 8 heteroatoms. The Morgan fingerprint density at radius 1 is 1.39 bits per heavy atom.